The number of halogens is 1. The van der Waals surface area contributed by atoms with Gasteiger partial charge in [-0.15, -0.1) is 0 Å². The first-order valence-electron chi connectivity index (χ1n) is 3.47. The molecule has 1 aromatic rings. The normalized spacial score (nSPS) is 9.46. The number of carbonyl (C=O) groups is 1. The molecule has 0 aliphatic carbocycles. The molecule has 1 heterocycles. The van der Waals surface area contributed by atoms with Gasteiger partial charge in [0.15, 0.2) is 0 Å². The number of nitrogens with zero attached hydrogens (tertiary/aromatic N) is 2. The molecule has 0 saturated carbocycles. The number of nitrogens with one attached hydrogen (secondary N) is 1. The minimum Gasteiger partial charge on any atom is -0.480 e. The van der Waals surface area contributed by atoms with E-state index in [1.807, 2.05) is 0 Å². The molecule has 0 atom stereocenters. The van der Waals surface area contributed by atoms with Gasteiger partial charge < -0.3 is 10.1 Å². The number of hydrogen-bond donors (Lipinski definition) is 1. The molecule has 0 aliphatic rings. The van der Waals surface area contributed by atoms with Gasteiger partial charge in [0.1, 0.15) is 5.02 Å². The van der Waals surface area contributed by atoms with Crippen molar-refractivity contribution in [3.8, 4) is 5.88 Å². The lowest BCUT2D eigenvalue weighted by molar-refractivity contribution is 0.0951. The van der Waals surface area contributed by atoms with Crippen molar-refractivity contribution < 1.29 is 9.53 Å². The second kappa shape index (κ2) is 4.04. The van der Waals surface area contributed by atoms with E-state index >= 15 is 0 Å². The fourth-order valence-electron chi connectivity index (χ4n) is 0.716. The Labute approximate surface area is 80.1 Å². The Morgan fingerprint density at radius 3 is 2.92 bits per heavy atom. The molecule has 1 N–H and O–H groups in total. The number of hydrogen-bond acceptors (Lipinski definition) is 4. The molecule has 0 fully saturated rings. The summed E-state index contributed by atoms with van der Waals surface area (Å²) in [5.74, 6) is -0.158. The Balaban J connectivity index is 3.06. The molecule has 0 bridgehead atoms. The van der Waals surface area contributed by atoms with E-state index in [4.69, 9.17) is 16.3 Å². The van der Waals surface area contributed by atoms with E-state index in [-0.39, 0.29) is 22.6 Å². The van der Waals surface area contributed by atoms with Crippen LogP contribution in [0.25, 0.3) is 0 Å². The van der Waals surface area contributed by atoms with Crippen molar-refractivity contribution in [1.29, 1.82) is 0 Å². The molecule has 6 heteroatoms. The fourth-order valence-corrected chi connectivity index (χ4v) is 0.884. The highest BCUT2D eigenvalue weighted by Crippen LogP contribution is 2.19. The summed E-state index contributed by atoms with van der Waals surface area (Å²) in [7, 11) is 2.91. The van der Waals surface area contributed by atoms with Gasteiger partial charge in [-0.3, -0.25) is 4.79 Å². The molecule has 1 aromatic heterocycles. The minimum atomic E-state index is -0.380. The van der Waals surface area contributed by atoms with Crippen LogP contribution >= 0.6 is 11.6 Å². The van der Waals surface area contributed by atoms with Gasteiger partial charge in [0.2, 0.25) is 11.7 Å². The van der Waals surface area contributed by atoms with Crippen LogP contribution in [-0.2, 0) is 0 Å². The summed E-state index contributed by atoms with van der Waals surface area (Å²) >= 11 is 5.66. The quantitative estimate of drug-likeness (QED) is 0.757. The van der Waals surface area contributed by atoms with Crippen LogP contribution in [0.2, 0.25) is 5.02 Å². The molecule has 0 aliphatic heterocycles. The van der Waals surface area contributed by atoms with Crippen LogP contribution in [0.1, 0.15) is 10.6 Å². The number of carbonyl (C=O) groups excluding carboxylic acids is 1. The zero-order valence-electron chi connectivity index (χ0n) is 7.17. The largest absolute Gasteiger partial charge is 0.480 e. The summed E-state index contributed by atoms with van der Waals surface area (Å²) in [4.78, 5) is 18.6. The molecule has 0 aromatic carbocycles. The lowest BCUT2D eigenvalue weighted by Crippen LogP contribution is -2.20. The second-order valence-electron chi connectivity index (χ2n) is 2.13. The summed E-state index contributed by atoms with van der Waals surface area (Å²) < 4.78 is 4.82. The molecule has 1 rings (SSSR count). The highest BCUT2D eigenvalue weighted by Gasteiger charge is 2.10. The number of methoxy groups -OCH3 is 1. The van der Waals surface area contributed by atoms with Crippen LogP contribution in [0, 0.1) is 0 Å². The standard InChI is InChI=1S/C7H8ClN3O2/c1-9-6(12)5-10-3-4(8)7(11-5)13-2/h3H,1-2H3,(H,9,12). The van der Waals surface area contributed by atoms with Crippen molar-refractivity contribution in [3.05, 3.63) is 17.0 Å². The Kier molecular flexibility index (Phi) is 3.02. The molecule has 70 valence electrons. The van der Waals surface area contributed by atoms with Crippen molar-refractivity contribution in [2.75, 3.05) is 14.2 Å². The van der Waals surface area contributed by atoms with Crippen LogP contribution in [0.5, 0.6) is 5.88 Å². The first-order valence-corrected chi connectivity index (χ1v) is 3.85. The van der Waals surface area contributed by atoms with Crippen LogP contribution in [0.3, 0.4) is 0 Å². The van der Waals surface area contributed by atoms with Gasteiger partial charge in [0.25, 0.3) is 5.91 Å². The third kappa shape index (κ3) is 2.06. The van der Waals surface area contributed by atoms with Crippen molar-refractivity contribution in [2.45, 2.75) is 0 Å². The first-order chi connectivity index (χ1) is 6.19. The zero-order valence-corrected chi connectivity index (χ0v) is 7.92. The summed E-state index contributed by atoms with van der Waals surface area (Å²) in [6, 6.07) is 0. The second-order valence-corrected chi connectivity index (χ2v) is 2.54. The molecule has 13 heavy (non-hydrogen) atoms. The van der Waals surface area contributed by atoms with Crippen molar-refractivity contribution in [3.63, 3.8) is 0 Å². The Morgan fingerprint density at radius 2 is 2.38 bits per heavy atom. The van der Waals surface area contributed by atoms with Crippen molar-refractivity contribution in [2.24, 2.45) is 0 Å². The predicted octanol–water partition coefficient (Wildman–Crippen LogP) is 0.498. The van der Waals surface area contributed by atoms with Gasteiger partial charge in [-0.25, -0.2) is 4.98 Å². The SMILES string of the molecule is CNC(=O)c1ncc(Cl)c(OC)n1. The van der Waals surface area contributed by atoms with E-state index < -0.39 is 0 Å². The highest BCUT2D eigenvalue weighted by atomic mass is 35.5. The van der Waals surface area contributed by atoms with Gasteiger partial charge in [-0.2, -0.15) is 4.98 Å². The van der Waals surface area contributed by atoms with E-state index in [0.717, 1.165) is 0 Å². The molecule has 5 nitrogen and oxygen atoms in total. The number of rotatable bonds is 2. The molecule has 0 spiro atoms. The first kappa shape index (κ1) is 9.73. The van der Waals surface area contributed by atoms with E-state index in [1.54, 1.807) is 0 Å². The van der Waals surface area contributed by atoms with E-state index in [2.05, 4.69) is 15.3 Å². The molecular weight excluding hydrogens is 194 g/mol. The van der Waals surface area contributed by atoms with Gasteiger partial charge in [-0.1, -0.05) is 11.6 Å². The highest BCUT2D eigenvalue weighted by molar-refractivity contribution is 6.31. The number of amides is 1. The molecule has 0 saturated heterocycles. The fraction of sp³-hybridized carbons (Fsp3) is 0.286. The average molecular weight is 202 g/mol. The summed E-state index contributed by atoms with van der Waals surface area (Å²) in [5.41, 5.74) is 0. The van der Waals surface area contributed by atoms with Gasteiger partial charge in [0.05, 0.1) is 13.3 Å². The number of aromatic nitrogens is 2. The zero-order chi connectivity index (χ0) is 9.84. The molecular formula is C7H8ClN3O2. The molecule has 0 radical (unpaired) electrons. The summed E-state index contributed by atoms with van der Waals surface area (Å²) in [6.07, 6.45) is 1.32. The van der Waals surface area contributed by atoms with Gasteiger partial charge in [-0.05, 0) is 0 Å². The van der Waals surface area contributed by atoms with Gasteiger partial charge >= 0.3 is 0 Å². The summed E-state index contributed by atoms with van der Waals surface area (Å²) in [5, 5.41) is 2.66. The van der Waals surface area contributed by atoms with E-state index in [0.29, 0.717) is 0 Å². The van der Waals surface area contributed by atoms with E-state index in [9.17, 15) is 4.79 Å². The van der Waals surface area contributed by atoms with Gasteiger partial charge in [0, 0.05) is 7.05 Å². The maximum absolute atomic E-state index is 11.1. The van der Waals surface area contributed by atoms with Crippen LogP contribution < -0.4 is 10.1 Å². The molecule has 0 unspecified atom stereocenters. The smallest absolute Gasteiger partial charge is 0.288 e. The minimum absolute atomic E-state index is 0.0313. The average Bonchev–Trinajstić information content (AvgIpc) is 2.17. The van der Waals surface area contributed by atoms with Crippen molar-refractivity contribution >= 4 is 17.5 Å². The third-order valence-electron chi connectivity index (χ3n) is 1.34. The summed E-state index contributed by atoms with van der Waals surface area (Å²) in [6.45, 7) is 0. The Morgan fingerprint density at radius 1 is 1.69 bits per heavy atom. The third-order valence-corrected chi connectivity index (χ3v) is 1.59. The Hall–Kier alpha value is -1.36. The van der Waals surface area contributed by atoms with Crippen LogP contribution in [-0.4, -0.2) is 30.0 Å². The Bertz CT molecular complexity index is 330. The van der Waals surface area contributed by atoms with Crippen molar-refractivity contribution in [1.82, 2.24) is 15.3 Å². The molecule has 1 amide bonds. The van der Waals surface area contributed by atoms with Crippen LogP contribution in [0.15, 0.2) is 6.20 Å². The maximum atomic E-state index is 11.1. The lowest BCUT2D eigenvalue weighted by atomic mass is 10.5. The maximum Gasteiger partial charge on any atom is 0.288 e. The van der Waals surface area contributed by atoms with E-state index in [1.165, 1.54) is 20.4 Å². The predicted molar refractivity (Wildman–Crippen MR) is 47.0 cm³/mol. The topological polar surface area (TPSA) is 64.1 Å². The van der Waals surface area contributed by atoms with Crippen LogP contribution in [0.4, 0.5) is 0 Å². The monoisotopic (exact) mass is 201 g/mol. The lowest BCUT2D eigenvalue weighted by Gasteiger charge is -2.02. The number of ether oxygens (including phenoxy) is 1.